The summed E-state index contributed by atoms with van der Waals surface area (Å²) in [4.78, 5) is 12.0. The normalized spacial score (nSPS) is 10.2. The zero-order valence-electron chi connectivity index (χ0n) is 13.6. The van der Waals surface area contributed by atoms with Gasteiger partial charge in [-0.2, -0.15) is 0 Å². The Balaban J connectivity index is 1.85. The Morgan fingerprint density at radius 3 is 2.57 bits per heavy atom. The van der Waals surface area contributed by atoms with Crippen molar-refractivity contribution in [1.29, 1.82) is 0 Å². The fourth-order valence-electron chi connectivity index (χ4n) is 2.17. The van der Waals surface area contributed by atoms with E-state index in [2.05, 4.69) is 30.4 Å². The molecule has 0 saturated carbocycles. The SMILES string of the molecule is COc1ccc(NC(=O)CSCc2cccc(C)c2)cc1OC. The number of carbonyl (C=O) groups is 1. The summed E-state index contributed by atoms with van der Waals surface area (Å²) >= 11 is 1.59. The minimum Gasteiger partial charge on any atom is -0.493 e. The van der Waals surface area contributed by atoms with E-state index in [4.69, 9.17) is 9.47 Å². The van der Waals surface area contributed by atoms with Gasteiger partial charge in [-0.3, -0.25) is 4.79 Å². The van der Waals surface area contributed by atoms with Crippen molar-refractivity contribution in [2.24, 2.45) is 0 Å². The van der Waals surface area contributed by atoms with Gasteiger partial charge in [-0.15, -0.1) is 11.8 Å². The highest BCUT2D eigenvalue weighted by Gasteiger charge is 2.07. The van der Waals surface area contributed by atoms with Gasteiger partial charge >= 0.3 is 0 Å². The lowest BCUT2D eigenvalue weighted by molar-refractivity contribution is -0.113. The maximum Gasteiger partial charge on any atom is 0.234 e. The molecule has 0 heterocycles. The van der Waals surface area contributed by atoms with Crippen LogP contribution >= 0.6 is 11.8 Å². The van der Waals surface area contributed by atoms with E-state index in [1.165, 1.54) is 11.1 Å². The number of hydrogen-bond donors (Lipinski definition) is 1. The number of methoxy groups -OCH3 is 2. The van der Waals surface area contributed by atoms with E-state index in [-0.39, 0.29) is 5.91 Å². The third-order valence-corrected chi connectivity index (χ3v) is 4.26. The van der Waals surface area contributed by atoms with Gasteiger partial charge in [-0.25, -0.2) is 0 Å². The van der Waals surface area contributed by atoms with Gasteiger partial charge in [-0.1, -0.05) is 29.8 Å². The fraction of sp³-hybridized carbons (Fsp3) is 0.278. The van der Waals surface area contributed by atoms with Gasteiger partial charge in [0.25, 0.3) is 0 Å². The van der Waals surface area contributed by atoms with E-state index in [0.29, 0.717) is 22.9 Å². The number of anilines is 1. The molecule has 0 aliphatic heterocycles. The number of hydrogen-bond acceptors (Lipinski definition) is 4. The third-order valence-electron chi connectivity index (χ3n) is 3.25. The summed E-state index contributed by atoms with van der Waals surface area (Å²) in [5.41, 5.74) is 3.16. The van der Waals surface area contributed by atoms with Crippen LogP contribution in [0.15, 0.2) is 42.5 Å². The number of thioether (sulfide) groups is 1. The van der Waals surface area contributed by atoms with Crippen LogP contribution in [0.2, 0.25) is 0 Å². The first-order chi connectivity index (χ1) is 11.1. The zero-order chi connectivity index (χ0) is 16.7. The van der Waals surface area contributed by atoms with E-state index in [9.17, 15) is 4.79 Å². The van der Waals surface area contributed by atoms with Crippen molar-refractivity contribution >= 4 is 23.4 Å². The first kappa shape index (κ1) is 17.2. The Kier molecular flexibility index (Phi) is 6.35. The Labute approximate surface area is 141 Å². The predicted octanol–water partition coefficient (Wildman–Crippen LogP) is 3.88. The largest absolute Gasteiger partial charge is 0.493 e. The number of ether oxygens (including phenoxy) is 2. The molecule has 0 spiro atoms. The van der Waals surface area contributed by atoms with Crippen LogP contribution in [0, 0.1) is 6.92 Å². The number of rotatable bonds is 7. The number of amides is 1. The van der Waals surface area contributed by atoms with Crippen LogP contribution in [0.4, 0.5) is 5.69 Å². The predicted molar refractivity (Wildman–Crippen MR) is 95.5 cm³/mol. The van der Waals surface area contributed by atoms with E-state index >= 15 is 0 Å². The molecule has 122 valence electrons. The van der Waals surface area contributed by atoms with Crippen LogP contribution in [-0.4, -0.2) is 25.9 Å². The van der Waals surface area contributed by atoms with Crippen molar-refractivity contribution in [3.05, 3.63) is 53.6 Å². The average molecular weight is 331 g/mol. The molecule has 0 saturated heterocycles. The van der Waals surface area contributed by atoms with Crippen molar-refractivity contribution in [2.45, 2.75) is 12.7 Å². The first-order valence-electron chi connectivity index (χ1n) is 7.27. The number of aryl methyl sites for hydroxylation is 1. The summed E-state index contributed by atoms with van der Waals surface area (Å²) in [7, 11) is 3.15. The summed E-state index contributed by atoms with van der Waals surface area (Å²) < 4.78 is 10.4. The lowest BCUT2D eigenvalue weighted by Crippen LogP contribution is -2.14. The summed E-state index contributed by atoms with van der Waals surface area (Å²) in [5.74, 6) is 2.43. The summed E-state index contributed by atoms with van der Waals surface area (Å²) in [6.07, 6.45) is 0. The van der Waals surface area contributed by atoms with Crippen molar-refractivity contribution < 1.29 is 14.3 Å². The van der Waals surface area contributed by atoms with E-state index in [1.807, 2.05) is 6.07 Å². The molecular formula is C18H21NO3S. The minimum atomic E-state index is -0.0325. The standard InChI is InChI=1S/C18H21NO3S/c1-13-5-4-6-14(9-13)11-23-12-18(20)19-15-7-8-16(21-2)17(10-15)22-3/h4-10H,11-12H2,1-3H3,(H,19,20). The van der Waals surface area contributed by atoms with E-state index < -0.39 is 0 Å². The molecule has 23 heavy (non-hydrogen) atoms. The second-order valence-electron chi connectivity index (χ2n) is 5.10. The quantitative estimate of drug-likeness (QED) is 0.836. The molecule has 2 rings (SSSR count). The molecule has 2 aromatic rings. The molecule has 5 heteroatoms. The number of benzene rings is 2. The Morgan fingerprint density at radius 1 is 1.09 bits per heavy atom. The molecule has 0 bridgehead atoms. The monoisotopic (exact) mass is 331 g/mol. The number of carbonyl (C=O) groups excluding carboxylic acids is 1. The van der Waals surface area contributed by atoms with E-state index in [0.717, 1.165) is 5.75 Å². The molecule has 0 aliphatic rings. The molecule has 1 N–H and O–H groups in total. The lowest BCUT2D eigenvalue weighted by Gasteiger charge is -2.10. The molecule has 0 radical (unpaired) electrons. The summed E-state index contributed by atoms with van der Waals surface area (Å²) in [6, 6.07) is 13.6. The number of nitrogens with one attached hydrogen (secondary N) is 1. The first-order valence-corrected chi connectivity index (χ1v) is 8.43. The van der Waals surface area contributed by atoms with Gasteiger partial charge in [0, 0.05) is 17.5 Å². The zero-order valence-corrected chi connectivity index (χ0v) is 14.4. The molecule has 0 unspecified atom stereocenters. The Morgan fingerprint density at radius 2 is 1.87 bits per heavy atom. The van der Waals surface area contributed by atoms with E-state index in [1.54, 1.807) is 44.2 Å². The smallest absolute Gasteiger partial charge is 0.234 e. The summed E-state index contributed by atoms with van der Waals surface area (Å²) in [5, 5.41) is 2.87. The van der Waals surface area contributed by atoms with Gasteiger partial charge in [0.05, 0.1) is 20.0 Å². The highest BCUT2D eigenvalue weighted by molar-refractivity contribution is 7.99. The van der Waals surface area contributed by atoms with Gasteiger partial charge in [0.15, 0.2) is 11.5 Å². The van der Waals surface area contributed by atoms with Gasteiger partial charge < -0.3 is 14.8 Å². The second kappa shape index (κ2) is 8.48. The van der Waals surface area contributed by atoms with Crippen LogP contribution in [0.1, 0.15) is 11.1 Å². The highest BCUT2D eigenvalue weighted by atomic mass is 32.2. The maximum absolute atomic E-state index is 12.0. The molecule has 0 aliphatic carbocycles. The van der Waals surface area contributed by atoms with Crippen LogP contribution in [0.3, 0.4) is 0 Å². The molecular weight excluding hydrogens is 310 g/mol. The van der Waals surface area contributed by atoms with Crippen LogP contribution in [-0.2, 0) is 10.5 Å². The molecule has 2 aromatic carbocycles. The van der Waals surface area contributed by atoms with Gasteiger partial charge in [0.1, 0.15) is 0 Å². The van der Waals surface area contributed by atoms with Crippen LogP contribution in [0.25, 0.3) is 0 Å². The van der Waals surface area contributed by atoms with Crippen LogP contribution < -0.4 is 14.8 Å². The molecule has 1 amide bonds. The van der Waals surface area contributed by atoms with Crippen molar-refractivity contribution in [1.82, 2.24) is 0 Å². The van der Waals surface area contributed by atoms with Gasteiger partial charge in [-0.05, 0) is 24.6 Å². The van der Waals surface area contributed by atoms with Crippen LogP contribution in [0.5, 0.6) is 11.5 Å². The third kappa shape index (κ3) is 5.21. The molecule has 0 aromatic heterocycles. The summed E-state index contributed by atoms with van der Waals surface area (Å²) in [6.45, 7) is 2.07. The second-order valence-corrected chi connectivity index (χ2v) is 6.09. The average Bonchev–Trinajstić information content (AvgIpc) is 2.54. The van der Waals surface area contributed by atoms with Crippen molar-refractivity contribution in [2.75, 3.05) is 25.3 Å². The van der Waals surface area contributed by atoms with Crippen molar-refractivity contribution in [3.63, 3.8) is 0 Å². The minimum absolute atomic E-state index is 0.0325. The Bertz CT molecular complexity index is 673. The molecule has 0 atom stereocenters. The Hall–Kier alpha value is -2.14. The van der Waals surface area contributed by atoms with Crippen molar-refractivity contribution in [3.8, 4) is 11.5 Å². The molecule has 0 fully saturated rings. The topological polar surface area (TPSA) is 47.6 Å². The lowest BCUT2D eigenvalue weighted by atomic mass is 10.2. The fourth-order valence-corrected chi connectivity index (χ4v) is 2.95. The van der Waals surface area contributed by atoms with Gasteiger partial charge in [0.2, 0.25) is 5.91 Å². The molecule has 4 nitrogen and oxygen atoms in total. The maximum atomic E-state index is 12.0. The highest BCUT2D eigenvalue weighted by Crippen LogP contribution is 2.29.